The zero-order valence-corrected chi connectivity index (χ0v) is 22.8. The predicted molar refractivity (Wildman–Crippen MR) is 147 cm³/mol. The van der Waals surface area contributed by atoms with E-state index in [9.17, 15) is 14.4 Å². The summed E-state index contributed by atoms with van der Waals surface area (Å²) in [5.41, 5.74) is 2.33. The molecule has 1 fully saturated rings. The second kappa shape index (κ2) is 12.8. The summed E-state index contributed by atoms with van der Waals surface area (Å²) < 4.78 is 5.08. The molecule has 4 rings (SSSR count). The quantitative estimate of drug-likeness (QED) is 0.304. The number of thioether (sulfide) groups is 1. The molecule has 6 nitrogen and oxygen atoms in total. The van der Waals surface area contributed by atoms with E-state index in [1.165, 1.54) is 47.9 Å². The lowest BCUT2D eigenvalue weighted by Gasteiger charge is -2.21. The van der Waals surface area contributed by atoms with Crippen molar-refractivity contribution in [1.82, 2.24) is 0 Å². The van der Waals surface area contributed by atoms with Crippen LogP contribution in [0.2, 0.25) is 0 Å². The molecule has 36 heavy (non-hydrogen) atoms. The Bertz CT molecular complexity index is 1090. The maximum atomic E-state index is 13.2. The Kier molecular flexibility index (Phi) is 9.48. The van der Waals surface area contributed by atoms with Crippen LogP contribution in [0.1, 0.15) is 85.5 Å². The van der Waals surface area contributed by atoms with Gasteiger partial charge in [-0.25, -0.2) is 4.79 Å². The van der Waals surface area contributed by atoms with Gasteiger partial charge in [0.25, 0.3) is 0 Å². The molecule has 2 amide bonds. The number of thiophene rings is 1. The molecule has 1 atom stereocenters. The molecule has 1 unspecified atom stereocenters. The molecule has 2 N–H and O–H groups in total. The van der Waals surface area contributed by atoms with Crippen molar-refractivity contribution in [2.45, 2.75) is 87.7 Å². The summed E-state index contributed by atoms with van der Waals surface area (Å²) in [4.78, 5) is 40.5. The summed E-state index contributed by atoms with van der Waals surface area (Å²) in [6.07, 6.45) is 11.6. The van der Waals surface area contributed by atoms with Gasteiger partial charge in [-0.1, -0.05) is 38.2 Å². The van der Waals surface area contributed by atoms with Crippen LogP contribution >= 0.6 is 23.1 Å². The highest BCUT2D eigenvalue weighted by Gasteiger charge is 2.27. The van der Waals surface area contributed by atoms with E-state index in [-0.39, 0.29) is 29.0 Å². The van der Waals surface area contributed by atoms with Crippen molar-refractivity contribution in [1.29, 1.82) is 0 Å². The summed E-state index contributed by atoms with van der Waals surface area (Å²) in [6.45, 7) is 1.86. The van der Waals surface area contributed by atoms with Gasteiger partial charge in [0.1, 0.15) is 5.00 Å². The van der Waals surface area contributed by atoms with E-state index in [1.807, 2.05) is 31.2 Å². The summed E-state index contributed by atoms with van der Waals surface area (Å²) in [5.74, 6) is -0.360. The number of benzene rings is 1. The molecular weight excluding hydrogens is 492 g/mol. The normalized spacial score (nSPS) is 17.3. The fraction of sp³-hybridized carbons (Fsp3) is 0.536. The highest BCUT2D eigenvalue weighted by atomic mass is 32.2. The van der Waals surface area contributed by atoms with Crippen LogP contribution in [0.15, 0.2) is 29.2 Å². The number of fused-ring (bicyclic) bond motifs is 1. The average Bonchev–Trinajstić information content (AvgIpc) is 3.19. The molecule has 0 radical (unpaired) electrons. The Balaban J connectivity index is 1.42. The van der Waals surface area contributed by atoms with Crippen LogP contribution in [-0.2, 0) is 27.2 Å². The van der Waals surface area contributed by atoms with E-state index in [0.717, 1.165) is 73.9 Å². The Hall–Kier alpha value is -2.32. The maximum absolute atomic E-state index is 13.2. The average molecular weight is 529 g/mol. The third kappa shape index (κ3) is 6.71. The van der Waals surface area contributed by atoms with Crippen LogP contribution in [0.4, 0.5) is 10.7 Å². The van der Waals surface area contributed by atoms with E-state index in [2.05, 4.69) is 10.6 Å². The number of esters is 1. The van der Waals surface area contributed by atoms with Crippen molar-refractivity contribution in [3.05, 3.63) is 40.3 Å². The van der Waals surface area contributed by atoms with Crippen LogP contribution in [0, 0.1) is 5.92 Å². The van der Waals surface area contributed by atoms with Crippen molar-refractivity contribution in [3.8, 4) is 0 Å². The molecular formula is C28H36N2O4S2. The summed E-state index contributed by atoms with van der Waals surface area (Å²) in [5, 5.41) is 6.29. The largest absolute Gasteiger partial charge is 0.465 e. The molecule has 1 saturated carbocycles. The monoisotopic (exact) mass is 528 g/mol. The second-order valence-electron chi connectivity index (χ2n) is 9.72. The van der Waals surface area contributed by atoms with E-state index in [1.54, 1.807) is 0 Å². The second-order valence-corrected chi connectivity index (χ2v) is 12.2. The van der Waals surface area contributed by atoms with Crippen molar-refractivity contribution < 1.29 is 19.1 Å². The minimum Gasteiger partial charge on any atom is -0.465 e. The molecule has 2 aliphatic carbocycles. The predicted octanol–water partition coefficient (Wildman–Crippen LogP) is 6.83. The van der Waals surface area contributed by atoms with Gasteiger partial charge in [0.05, 0.1) is 17.9 Å². The van der Waals surface area contributed by atoms with Crippen LogP contribution < -0.4 is 10.6 Å². The number of ether oxygens (including phenoxy) is 1. The molecule has 0 spiro atoms. The molecule has 1 heterocycles. The minimum atomic E-state index is -0.385. The molecule has 0 bridgehead atoms. The fourth-order valence-corrected chi connectivity index (χ4v) is 7.26. The number of hydrogen-bond acceptors (Lipinski definition) is 6. The topological polar surface area (TPSA) is 84.5 Å². The lowest BCUT2D eigenvalue weighted by atomic mass is 9.88. The smallest absolute Gasteiger partial charge is 0.341 e. The van der Waals surface area contributed by atoms with Gasteiger partial charge < -0.3 is 15.4 Å². The molecule has 0 saturated heterocycles. The van der Waals surface area contributed by atoms with Gasteiger partial charge in [0.2, 0.25) is 11.8 Å². The van der Waals surface area contributed by atoms with E-state index >= 15 is 0 Å². The van der Waals surface area contributed by atoms with Gasteiger partial charge in [0, 0.05) is 21.4 Å². The fourth-order valence-electron chi connectivity index (χ4n) is 5.05. The zero-order valence-electron chi connectivity index (χ0n) is 21.2. The van der Waals surface area contributed by atoms with Crippen molar-refractivity contribution in [2.75, 3.05) is 17.7 Å². The molecule has 1 aromatic carbocycles. The van der Waals surface area contributed by atoms with Gasteiger partial charge in [-0.05, 0) is 69.2 Å². The lowest BCUT2D eigenvalue weighted by molar-refractivity contribution is -0.120. The van der Waals surface area contributed by atoms with Gasteiger partial charge in [-0.3, -0.25) is 9.59 Å². The highest BCUT2D eigenvalue weighted by Crippen LogP contribution is 2.38. The molecule has 8 heteroatoms. The van der Waals surface area contributed by atoms with Gasteiger partial charge in [-0.15, -0.1) is 23.1 Å². The first kappa shape index (κ1) is 26.7. The Labute approximate surface area is 222 Å². The maximum Gasteiger partial charge on any atom is 0.341 e. The third-order valence-corrected chi connectivity index (χ3v) is 9.36. The molecule has 194 valence electrons. The standard InChI is InChI=1S/C28H36N2O4S2/c1-18(35-21-14-10-13-20(17-21)29-26(32)19-11-6-5-7-12-19)25(31)30-27-24(28(33)34-2)22-15-8-3-4-9-16-23(22)36-27/h10,13-14,17-19H,3-9,11-12,15-16H2,1-2H3,(H,29,32)(H,30,31). The van der Waals surface area contributed by atoms with Gasteiger partial charge in [-0.2, -0.15) is 0 Å². The number of carbonyl (C=O) groups excluding carboxylic acids is 3. The Morgan fingerprint density at radius 3 is 2.47 bits per heavy atom. The minimum absolute atomic E-state index is 0.0891. The molecule has 0 aliphatic heterocycles. The zero-order chi connectivity index (χ0) is 25.5. The van der Waals surface area contributed by atoms with Crippen molar-refractivity contribution in [2.24, 2.45) is 5.92 Å². The van der Waals surface area contributed by atoms with Gasteiger partial charge in [0.15, 0.2) is 0 Å². The number of rotatable bonds is 7. The Morgan fingerprint density at radius 2 is 1.72 bits per heavy atom. The molecule has 2 aromatic rings. The van der Waals surface area contributed by atoms with Crippen LogP contribution in [0.5, 0.6) is 0 Å². The number of hydrogen-bond donors (Lipinski definition) is 2. The van der Waals surface area contributed by atoms with Crippen LogP contribution in [-0.4, -0.2) is 30.1 Å². The number of aryl methyl sites for hydroxylation is 1. The SMILES string of the molecule is COC(=O)c1c(NC(=O)C(C)Sc2cccc(NC(=O)C3CCCCC3)c2)sc2c1CCCCCC2. The highest BCUT2D eigenvalue weighted by molar-refractivity contribution is 8.00. The number of nitrogens with one attached hydrogen (secondary N) is 2. The van der Waals surface area contributed by atoms with Crippen LogP contribution in [0.3, 0.4) is 0 Å². The number of methoxy groups -OCH3 is 1. The van der Waals surface area contributed by atoms with Crippen molar-refractivity contribution >= 4 is 51.6 Å². The Morgan fingerprint density at radius 1 is 1.00 bits per heavy atom. The van der Waals surface area contributed by atoms with E-state index in [4.69, 9.17) is 4.74 Å². The molecule has 1 aromatic heterocycles. The summed E-state index contributed by atoms with van der Waals surface area (Å²) >= 11 is 2.95. The first-order chi connectivity index (χ1) is 17.5. The first-order valence-electron chi connectivity index (χ1n) is 13.1. The van der Waals surface area contributed by atoms with E-state index < -0.39 is 0 Å². The number of anilines is 2. The first-order valence-corrected chi connectivity index (χ1v) is 14.8. The van der Waals surface area contributed by atoms with Gasteiger partial charge >= 0.3 is 5.97 Å². The number of amides is 2. The van der Waals surface area contributed by atoms with E-state index in [0.29, 0.717) is 10.6 Å². The molecule has 2 aliphatic rings. The summed E-state index contributed by atoms with van der Waals surface area (Å²) in [6, 6.07) is 7.66. The lowest BCUT2D eigenvalue weighted by Crippen LogP contribution is -2.24. The third-order valence-electron chi connectivity index (χ3n) is 7.06. The summed E-state index contributed by atoms with van der Waals surface area (Å²) in [7, 11) is 1.39. The van der Waals surface area contributed by atoms with Crippen LogP contribution in [0.25, 0.3) is 0 Å². The van der Waals surface area contributed by atoms with Crippen molar-refractivity contribution in [3.63, 3.8) is 0 Å². The number of carbonyl (C=O) groups is 3.